The minimum Gasteiger partial charge on any atom is -0.256 e. The first-order valence-electron chi connectivity index (χ1n) is 1.27. The maximum atomic E-state index is 10.9. The predicted octanol–water partition coefficient (Wildman–Crippen LogP) is 0.926. The Hall–Kier alpha value is -0.310. The van der Waals surface area contributed by atoms with Gasteiger partial charge in [-0.15, -0.1) is 0 Å². The van der Waals surface area contributed by atoms with Gasteiger partial charge in [-0.1, -0.05) is 0 Å². The van der Waals surface area contributed by atoms with E-state index in [1.807, 2.05) is 0 Å². The van der Waals surface area contributed by atoms with Crippen molar-refractivity contribution in [3.8, 4) is 0 Å². The van der Waals surface area contributed by atoms with Gasteiger partial charge >= 0.3 is 6.04 Å². The summed E-state index contributed by atoms with van der Waals surface area (Å²) < 4.78 is 10.9. The van der Waals surface area contributed by atoms with Crippen LogP contribution < -0.4 is 0 Å². The molecule has 0 aromatic heterocycles. The first-order chi connectivity index (χ1) is 2.77. The Kier molecular flexibility index (Phi) is 2.75. The number of allylic oxidation sites excluding steroid dienone is 1. The second-order valence-corrected chi connectivity index (χ2v) is 0.918. The summed E-state index contributed by atoms with van der Waals surface area (Å²) in [6.45, 7) is 0. The van der Waals surface area contributed by atoms with E-state index in [0.717, 1.165) is 11.5 Å². The predicted molar refractivity (Wildman–Crippen MR) is 24.2 cm³/mol. The van der Waals surface area contributed by atoms with Crippen LogP contribution in [0.1, 0.15) is 0 Å². The van der Waals surface area contributed by atoms with Crippen LogP contribution in [0, 0.1) is 0 Å². The van der Waals surface area contributed by atoms with Crippen LogP contribution in [-0.2, 0) is 4.79 Å². The zero-order valence-electron chi connectivity index (χ0n) is 2.89. The minimum absolute atomic E-state index is 0.725. The second kappa shape index (κ2) is 2.90. The number of carbonyl (C=O) groups excluding carboxylic acids is 1. The van der Waals surface area contributed by atoms with Gasteiger partial charge in [0.15, 0.2) is 0 Å². The molecule has 0 aliphatic heterocycles. The van der Waals surface area contributed by atoms with Gasteiger partial charge in [0.05, 0.1) is 0 Å². The molecule has 0 N–H and O–H groups in total. The van der Waals surface area contributed by atoms with Gasteiger partial charge in [0, 0.05) is 6.08 Å². The van der Waals surface area contributed by atoms with Crippen molar-refractivity contribution in [1.29, 1.82) is 0 Å². The number of hydrogen-bond acceptors (Lipinski definition) is 2. The summed E-state index contributed by atoms with van der Waals surface area (Å²) in [7, 11) is 0. The summed E-state index contributed by atoms with van der Waals surface area (Å²) in [6, 6.07) is -1.47. The molecule has 0 bridgehead atoms. The molecule has 0 aliphatic carbocycles. The van der Waals surface area contributed by atoms with Crippen LogP contribution in [0.4, 0.5) is 4.39 Å². The van der Waals surface area contributed by atoms with Crippen molar-refractivity contribution in [1.82, 2.24) is 0 Å². The molecule has 6 heavy (non-hydrogen) atoms. The third kappa shape index (κ3) is 3.69. The van der Waals surface area contributed by atoms with Crippen molar-refractivity contribution in [2.24, 2.45) is 0 Å². The summed E-state index contributed by atoms with van der Waals surface area (Å²) in [5, 5.41) is 1.04. The van der Waals surface area contributed by atoms with E-state index in [-0.39, 0.29) is 0 Å². The Labute approximate surface area is 40.3 Å². The molecule has 0 saturated heterocycles. The monoisotopic (exact) mass is 106 g/mol. The second-order valence-electron chi connectivity index (χ2n) is 0.620. The van der Waals surface area contributed by atoms with Gasteiger partial charge in [0.25, 0.3) is 0 Å². The van der Waals surface area contributed by atoms with Gasteiger partial charge < -0.3 is 0 Å². The molecule has 34 valence electrons. The lowest BCUT2D eigenvalue weighted by molar-refractivity contribution is -0.124. The van der Waals surface area contributed by atoms with Crippen molar-refractivity contribution >= 4 is 18.7 Å². The van der Waals surface area contributed by atoms with Crippen molar-refractivity contribution in [3.63, 3.8) is 0 Å². The van der Waals surface area contributed by atoms with Crippen LogP contribution in [-0.4, -0.2) is 6.04 Å². The zero-order chi connectivity index (χ0) is 4.99. The maximum Gasteiger partial charge on any atom is 0.325 e. The standard InChI is InChI=1S/C3H3FOS/c4-3(5)1-2-6/h1-2,6H/b2-1+. The lowest BCUT2D eigenvalue weighted by Crippen LogP contribution is -1.72. The molecular formula is C3H3FOS. The van der Waals surface area contributed by atoms with E-state index in [2.05, 4.69) is 12.6 Å². The molecule has 1 nitrogen and oxygen atoms in total. The first kappa shape index (κ1) is 5.69. The Morgan fingerprint density at radius 1 is 1.83 bits per heavy atom. The average molecular weight is 106 g/mol. The summed E-state index contributed by atoms with van der Waals surface area (Å²) in [6.07, 6.45) is 0.725. The number of halogens is 1. The Balaban J connectivity index is 3.30. The SMILES string of the molecule is O=C(F)/C=C/S. The average Bonchev–Trinajstić information content (AvgIpc) is 1.35. The smallest absolute Gasteiger partial charge is 0.256 e. The Morgan fingerprint density at radius 2 is 2.33 bits per heavy atom. The van der Waals surface area contributed by atoms with E-state index < -0.39 is 6.04 Å². The van der Waals surface area contributed by atoms with Gasteiger partial charge in [0.2, 0.25) is 0 Å². The summed E-state index contributed by atoms with van der Waals surface area (Å²) >= 11 is 3.42. The van der Waals surface area contributed by atoms with Crippen LogP contribution in [0.3, 0.4) is 0 Å². The Morgan fingerprint density at radius 3 is 2.33 bits per heavy atom. The topological polar surface area (TPSA) is 17.1 Å². The highest BCUT2D eigenvalue weighted by atomic mass is 32.1. The lowest BCUT2D eigenvalue weighted by Gasteiger charge is -1.63. The quantitative estimate of drug-likeness (QED) is 0.299. The Bertz CT molecular complexity index is 78.9. The molecule has 0 fully saturated rings. The van der Waals surface area contributed by atoms with Gasteiger partial charge in [-0.3, -0.25) is 4.79 Å². The molecule has 0 heterocycles. The molecule has 0 atom stereocenters. The van der Waals surface area contributed by atoms with Crippen LogP contribution >= 0.6 is 12.6 Å². The molecule has 0 unspecified atom stereocenters. The number of carbonyl (C=O) groups is 1. The van der Waals surface area contributed by atoms with E-state index in [9.17, 15) is 9.18 Å². The number of thiol groups is 1. The highest BCUT2D eigenvalue weighted by Gasteiger charge is 1.80. The van der Waals surface area contributed by atoms with Gasteiger partial charge in [-0.25, -0.2) is 0 Å². The highest BCUT2D eigenvalue weighted by Crippen LogP contribution is 1.78. The fourth-order valence-electron chi connectivity index (χ4n) is 0.0586. The molecule has 0 rings (SSSR count). The minimum atomic E-state index is -1.47. The van der Waals surface area contributed by atoms with Gasteiger partial charge in [-0.2, -0.15) is 17.0 Å². The molecule has 0 spiro atoms. The van der Waals surface area contributed by atoms with Crippen molar-refractivity contribution in [2.45, 2.75) is 0 Å². The molecule has 0 radical (unpaired) electrons. The maximum absolute atomic E-state index is 10.9. The van der Waals surface area contributed by atoms with Crippen molar-refractivity contribution < 1.29 is 9.18 Å². The lowest BCUT2D eigenvalue weighted by atomic mass is 10.7. The van der Waals surface area contributed by atoms with Crippen LogP contribution in [0.5, 0.6) is 0 Å². The normalized spacial score (nSPS) is 9.67. The number of hydrogen-bond donors (Lipinski definition) is 1. The largest absolute Gasteiger partial charge is 0.325 e. The van der Waals surface area contributed by atoms with E-state index in [1.54, 1.807) is 0 Å². The van der Waals surface area contributed by atoms with Gasteiger partial charge in [0.1, 0.15) is 0 Å². The zero-order valence-corrected chi connectivity index (χ0v) is 3.78. The molecule has 0 aromatic rings. The highest BCUT2D eigenvalue weighted by molar-refractivity contribution is 7.83. The van der Waals surface area contributed by atoms with Crippen molar-refractivity contribution in [3.05, 3.63) is 11.5 Å². The van der Waals surface area contributed by atoms with Crippen LogP contribution in [0.2, 0.25) is 0 Å². The molecule has 0 amide bonds. The van der Waals surface area contributed by atoms with Crippen LogP contribution in [0.25, 0.3) is 0 Å². The number of rotatable bonds is 1. The molecule has 0 aromatic carbocycles. The van der Waals surface area contributed by atoms with Crippen molar-refractivity contribution in [2.75, 3.05) is 0 Å². The third-order valence-electron chi connectivity index (χ3n) is 0.206. The molecule has 0 aliphatic rings. The van der Waals surface area contributed by atoms with Gasteiger partial charge in [-0.05, 0) is 5.41 Å². The summed E-state index contributed by atoms with van der Waals surface area (Å²) in [5.74, 6) is 0. The van der Waals surface area contributed by atoms with E-state index in [1.165, 1.54) is 0 Å². The van der Waals surface area contributed by atoms with E-state index in [4.69, 9.17) is 0 Å². The molecular weight excluding hydrogens is 103 g/mol. The van der Waals surface area contributed by atoms with Crippen LogP contribution in [0.15, 0.2) is 11.5 Å². The third-order valence-corrected chi connectivity index (χ3v) is 0.355. The fraction of sp³-hybridized carbons (Fsp3) is 0. The van der Waals surface area contributed by atoms with E-state index in [0.29, 0.717) is 0 Å². The fourth-order valence-corrected chi connectivity index (χ4v) is 0.176. The summed E-state index contributed by atoms with van der Waals surface area (Å²) in [4.78, 5) is 9.24. The first-order valence-corrected chi connectivity index (χ1v) is 1.79. The molecule has 3 heteroatoms. The molecule has 0 saturated carbocycles. The summed E-state index contributed by atoms with van der Waals surface area (Å²) in [5.41, 5.74) is 0. The van der Waals surface area contributed by atoms with E-state index >= 15 is 0 Å².